The van der Waals surface area contributed by atoms with E-state index in [1.54, 1.807) is 0 Å². The first-order chi connectivity index (χ1) is 7.81. The van der Waals surface area contributed by atoms with Gasteiger partial charge in [0, 0.05) is 0 Å². The van der Waals surface area contributed by atoms with E-state index in [1.807, 2.05) is 24.3 Å². The van der Waals surface area contributed by atoms with Crippen LogP contribution in [0, 0.1) is 0 Å². The molecule has 1 N–H and O–H groups in total. The number of nitrogens with one attached hydrogen (secondary N) is 1. The van der Waals surface area contributed by atoms with Crippen LogP contribution in [0.4, 0.5) is 0 Å². The number of unbranched alkanes of at least 4 members (excludes halogenated alkanes) is 1. The zero-order chi connectivity index (χ0) is 11.4. The molecule has 2 rings (SSSR count). The van der Waals surface area contributed by atoms with Crippen LogP contribution in [0.25, 0.3) is 17.0 Å². The lowest BCUT2D eigenvalue weighted by molar-refractivity contribution is 0.962. The number of H-pyrrole nitrogens is 1. The molecule has 1 aromatic carbocycles. The third-order valence-electron chi connectivity index (χ3n) is 2.43. The standard InChI is InChI=1S/C13H14N2O/c1-2-3-4-5-10-6-7-12-11(8-10)13(16)15-9-14-12/h4-9H,2-3H2,1H3,(H,14,15,16). The van der Waals surface area contributed by atoms with Crippen molar-refractivity contribution in [2.75, 3.05) is 0 Å². The van der Waals surface area contributed by atoms with Crippen molar-refractivity contribution >= 4 is 17.0 Å². The van der Waals surface area contributed by atoms with Crippen molar-refractivity contribution in [2.45, 2.75) is 19.8 Å². The lowest BCUT2D eigenvalue weighted by Crippen LogP contribution is -2.05. The second-order valence-electron chi connectivity index (χ2n) is 3.70. The molecule has 0 saturated heterocycles. The number of fused-ring (bicyclic) bond motifs is 1. The molecule has 1 heterocycles. The van der Waals surface area contributed by atoms with E-state index in [9.17, 15) is 4.79 Å². The fourth-order valence-electron chi connectivity index (χ4n) is 1.58. The average molecular weight is 214 g/mol. The summed E-state index contributed by atoms with van der Waals surface area (Å²) in [5.74, 6) is 0. The Morgan fingerprint density at radius 3 is 3.12 bits per heavy atom. The summed E-state index contributed by atoms with van der Waals surface area (Å²) in [6.45, 7) is 2.14. The molecule has 16 heavy (non-hydrogen) atoms. The zero-order valence-corrected chi connectivity index (χ0v) is 9.23. The van der Waals surface area contributed by atoms with E-state index in [0.717, 1.165) is 23.9 Å². The van der Waals surface area contributed by atoms with Gasteiger partial charge < -0.3 is 4.98 Å². The SMILES string of the molecule is CCCC=Cc1ccc2nc[nH]c(=O)c2c1. The van der Waals surface area contributed by atoms with Gasteiger partial charge in [-0.15, -0.1) is 0 Å². The fourth-order valence-corrected chi connectivity index (χ4v) is 1.58. The largest absolute Gasteiger partial charge is 0.313 e. The smallest absolute Gasteiger partial charge is 0.258 e. The molecule has 2 aromatic rings. The van der Waals surface area contributed by atoms with E-state index in [1.165, 1.54) is 6.33 Å². The number of aromatic nitrogens is 2. The molecular weight excluding hydrogens is 200 g/mol. The van der Waals surface area contributed by atoms with Gasteiger partial charge in [0.2, 0.25) is 0 Å². The summed E-state index contributed by atoms with van der Waals surface area (Å²) >= 11 is 0. The van der Waals surface area contributed by atoms with Crippen LogP contribution in [-0.4, -0.2) is 9.97 Å². The predicted octanol–water partition coefficient (Wildman–Crippen LogP) is 2.74. The first-order valence-corrected chi connectivity index (χ1v) is 5.45. The molecule has 0 atom stereocenters. The molecule has 82 valence electrons. The van der Waals surface area contributed by atoms with Gasteiger partial charge >= 0.3 is 0 Å². The highest BCUT2D eigenvalue weighted by atomic mass is 16.1. The van der Waals surface area contributed by atoms with Crippen molar-refractivity contribution in [1.82, 2.24) is 9.97 Å². The molecule has 0 aliphatic carbocycles. The Hall–Kier alpha value is -1.90. The van der Waals surface area contributed by atoms with Crippen LogP contribution in [0.3, 0.4) is 0 Å². The quantitative estimate of drug-likeness (QED) is 0.853. The first-order valence-electron chi connectivity index (χ1n) is 5.45. The summed E-state index contributed by atoms with van der Waals surface area (Å²) in [5.41, 5.74) is 1.69. The molecule has 3 nitrogen and oxygen atoms in total. The van der Waals surface area contributed by atoms with E-state index < -0.39 is 0 Å². The van der Waals surface area contributed by atoms with Crippen molar-refractivity contribution in [3.05, 3.63) is 46.5 Å². The summed E-state index contributed by atoms with van der Waals surface area (Å²) < 4.78 is 0. The highest BCUT2D eigenvalue weighted by molar-refractivity contribution is 5.80. The van der Waals surface area contributed by atoms with Crippen molar-refractivity contribution < 1.29 is 0 Å². The highest BCUT2D eigenvalue weighted by Crippen LogP contribution is 2.11. The van der Waals surface area contributed by atoms with Crippen LogP contribution < -0.4 is 5.56 Å². The minimum Gasteiger partial charge on any atom is -0.313 e. The summed E-state index contributed by atoms with van der Waals surface area (Å²) in [5, 5.41) is 0.640. The lowest BCUT2D eigenvalue weighted by Gasteiger charge is -1.97. The first kappa shape index (κ1) is 10.6. The van der Waals surface area contributed by atoms with Crippen LogP contribution >= 0.6 is 0 Å². The molecule has 0 aliphatic heterocycles. The molecule has 1 aromatic heterocycles. The monoisotopic (exact) mass is 214 g/mol. The Morgan fingerprint density at radius 1 is 1.44 bits per heavy atom. The molecule has 0 saturated carbocycles. The molecule has 0 spiro atoms. The summed E-state index contributed by atoms with van der Waals surface area (Å²) in [7, 11) is 0. The molecule has 3 heteroatoms. The number of hydrogen-bond acceptors (Lipinski definition) is 2. The van der Waals surface area contributed by atoms with Gasteiger partial charge in [-0.25, -0.2) is 4.98 Å². The third-order valence-corrected chi connectivity index (χ3v) is 2.43. The number of hydrogen-bond donors (Lipinski definition) is 1. The highest BCUT2D eigenvalue weighted by Gasteiger charge is 1.98. The second kappa shape index (κ2) is 4.75. The van der Waals surface area contributed by atoms with Crippen molar-refractivity contribution in [3.63, 3.8) is 0 Å². The predicted molar refractivity (Wildman–Crippen MR) is 66.3 cm³/mol. The molecule has 0 aliphatic rings. The Balaban J connectivity index is 2.43. The van der Waals surface area contributed by atoms with Crippen LogP contribution in [0.15, 0.2) is 35.4 Å². The second-order valence-corrected chi connectivity index (χ2v) is 3.70. The van der Waals surface area contributed by atoms with Crippen LogP contribution in [0.5, 0.6) is 0 Å². The van der Waals surface area contributed by atoms with Gasteiger partial charge in [-0.3, -0.25) is 4.79 Å². The van der Waals surface area contributed by atoms with Gasteiger partial charge in [-0.2, -0.15) is 0 Å². The molecule has 0 radical (unpaired) electrons. The molecule has 0 unspecified atom stereocenters. The minimum absolute atomic E-state index is 0.0873. The number of allylic oxidation sites excluding steroid dienone is 1. The zero-order valence-electron chi connectivity index (χ0n) is 9.23. The maximum absolute atomic E-state index is 11.5. The molecule has 0 fully saturated rings. The number of nitrogens with zero attached hydrogens (tertiary/aromatic N) is 1. The maximum Gasteiger partial charge on any atom is 0.258 e. The number of aromatic amines is 1. The summed E-state index contributed by atoms with van der Waals surface area (Å²) in [6, 6.07) is 5.71. The van der Waals surface area contributed by atoms with E-state index in [-0.39, 0.29) is 5.56 Å². The van der Waals surface area contributed by atoms with Crippen LogP contribution in [0.1, 0.15) is 25.3 Å². The maximum atomic E-state index is 11.5. The van der Waals surface area contributed by atoms with E-state index in [4.69, 9.17) is 0 Å². The van der Waals surface area contributed by atoms with Crippen molar-refractivity contribution in [3.8, 4) is 0 Å². The number of rotatable bonds is 3. The molecular formula is C13H14N2O. The molecule has 0 amide bonds. The summed E-state index contributed by atoms with van der Waals surface area (Å²) in [4.78, 5) is 18.2. The normalized spacial score (nSPS) is 11.3. The molecule has 0 bridgehead atoms. The van der Waals surface area contributed by atoms with Gasteiger partial charge in [-0.05, 0) is 24.1 Å². The van der Waals surface area contributed by atoms with E-state index >= 15 is 0 Å². The Kier molecular flexibility index (Phi) is 3.15. The van der Waals surface area contributed by atoms with E-state index in [2.05, 4.69) is 23.0 Å². The van der Waals surface area contributed by atoms with E-state index in [0.29, 0.717) is 5.39 Å². The Bertz CT molecular complexity index is 569. The Morgan fingerprint density at radius 2 is 2.31 bits per heavy atom. The fraction of sp³-hybridized carbons (Fsp3) is 0.231. The topological polar surface area (TPSA) is 45.8 Å². The van der Waals surface area contributed by atoms with Crippen LogP contribution in [-0.2, 0) is 0 Å². The van der Waals surface area contributed by atoms with Crippen molar-refractivity contribution in [1.29, 1.82) is 0 Å². The van der Waals surface area contributed by atoms with Gasteiger partial charge in [0.15, 0.2) is 0 Å². The van der Waals surface area contributed by atoms with Crippen LogP contribution in [0.2, 0.25) is 0 Å². The van der Waals surface area contributed by atoms with Gasteiger partial charge in [0.25, 0.3) is 5.56 Å². The Labute approximate surface area is 93.8 Å². The summed E-state index contributed by atoms with van der Waals surface area (Å²) in [6.07, 6.45) is 7.77. The van der Waals surface area contributed by atoms with Gasteiger partial charge in [-0.1, -0.05) is 31.6 Å². The average Bonchev–Trinajstić information content (AvgIpc) is 2.30. The van der Waals surface area contributed by atoms with Gasteiger partial charge in [0.1, 0.15) is 0 Å². The minimum atomic E-state index is -0.0873. The lowest BCUT2D eigenvalue weighted by atomic mass is 10.1. The number of benzene rings is 1. The van der Waals surface area contributed by atoms with Crippen molar-refractivity contribution in [2.24, 2.45) is 0 Å². The van der Waals surface area contributed by atoms with Gasteiger partial charge in [0.05, 0.1) is 17.2 Å². The third kappa shape index (κ3) is 2.19.